The molecule has 2 rings (SSSR count). The van der Waals surface area contributed by atoms with E-state index < -0.39 is 0 Å². The number of pyridine rings is 1. The maximum atomic E-state index is 12.1. The number of hydrogen-bond donors (Lipinski definition) is 0. The highest BCUT2D eigenvalue weighted by molar-refractivity contribution is 5.93. The highest BCUT2D eigenvalue weighted by atomic mass is 16.5. The van der Waals surface area contributed by atoms with Crippen molar-refractivity contribution in [3.05, 3.63) is 29.6 Å². The van der Waals surface area contributed by atoms with Crippen LogP contribution in [-0.2, 0) is 4.74 Å². The first kappa shape index (κ1) is 11.1. The fourth-order valence-electron chi connectivity index (χ4n) is 1.96. The van der Waals surface area contributed by atoms with Gasteiger partial charge >= 0.3 is 0 Å². The smallest absolute Gasteiger partial charge is 0.272 e. The van der Waals surface area contributed by atoms with Crippen LogP contribution in [0.5, 0.6) is 0 Å². The summed E-state index contributed by atoms with van der Waals surface area (Å²) in [6.45, 7) is 3.34. The summed E-state index contributed by atoms with van der Waals surface area (Å²) < 4.78 is 5.24. The van der Waals surface area contributed by atoms with Gasteiger partial charge in [0.05, 0.1) is 6.10 Å². The summed E-state index contributed by atoms with van der Waals surface area (Å²) in [6.07, 6.45) is 2.74. The summed E-state index contributed by atoms with van der Waals surface area (Å²) in [5.41, 5.74) is 1.48. The van der Waals surface area contributed by atoms with Crippen LogP contribution in [0.15, 0.2) is 18.3 Å². The molecule has 0 spiro atoms. The van der Waals surface area contributed by atoms with E-state index in [1.165, 1.54) is 0 Å². The first-order chi connectivity index (χ1) is 7.72. The summed E-state index contributed by atoms with van der Waals surface area (Å²) in [7, 11) is 1.69. The first-order valence-electron chi connectivity index (χ1n) is 5.46. The lowest BCUT2D eigenvalue weighted by atomic mass is 10.2. The molecule has 1 aliphatic rings. The van der Waals surface area contributed by atoms with Crippen molar-refractivity contribution >= 4 is 5.91 Å². The summed E-state index contributed by atoms with van der Waals surface area (Å²) in [5, 5.41) is 0. The number of methoxy groups -OCH3 is 1. The minimum Gasteiger partial charge on any atom is -0.380 e. The lowest BCUT2D eigenvalue weighted by Crippen LogP contribution is -2.31. The van der Waals surface area contributed by atoms with Crippen LogP contribution in [-0.4, -0.2) is 42.1 Å². The van der Waals surface area contributed by atoms with E-state index in [0.29, 0.717) is 12.2 Å². The first-order valence-corrected chi connectivity index (χ1v) is 5.46. The second-order valence-corrected chi connectivity index (χ2v) is 4.07. The van der Waals surface area contributed by atoms with Crippen molar-refractivity contribution in [2.75, 3.05) is 20.2 Å². The van der Waals surface area contributed by atoms with E-state index >= 15 is 0 Å². The monoisotopic (exact) mass is 220 g/mol. The Morgan fingerprint density at radius 2 is 2.44 bits per heavy atom. The number of likely N-dealkylation sites (tertiary alicyclic amines) is 1. The second-order valence-electron chi connectivity index (χ2n) is 4.07. The summed E-state index contributed by atoms with van der Waals surface area (Å²) >= 11 is 0. The van der Waals surface area contributed by atoms with Crippen LogP contribution in [0, 0.1) is 6.92 Å². The van der Waals surface area contributed by atoms with Crippen molar-refractivity contribution in [2.45, 2.75) is 19.4 Å². The Bertz CT molecular complexity index is 392. The van der Waals surface area contributed by atoms with E-state index in [2.05, 4.69) is 4.98 Å². The summed E-state index contributed by atoms with van der Waals surface area (Å²) in [6, 6.07) is 3.75. The highest BCUT2D eigenvalue weighted by Crippen LogP contribution is 2.15. The number of carbonyl (C=O) groups is 1. The molecule has 1 fully saturated rings. The standard InChI is InChI=1S/C12H16N2O2/c1-9-4-3-6-13-11(9)12(15)14-7-5-10(8-14)16-2/h3-4,6,10H,5,7-8H2,1-2H3/t10-/m1/s1. The fraction of sp³-hybridized carbons (Fsp3) is 0.500. The van der Waals surface area contributed by atoms with Gasteiger partial charge in [-0.15, -0.1) is 0 Å². The van der Waals surface area contributed by atoms with Gasteiger partial charge in [0.1, 0.15) is 5.69 Å². The van der Waals surface area contributed by atoms with Crippen molar-refractivity contribution < 1.29 is 9.53 Å². The molecule has 4 heteroatoms. The van der Waals surface area contributed by atoms with E-state index in [1.807, 2.05) is 24.0 Å². The Kier molecular flexibility index (Phi) is 3.19. The van der Waals surface area contributed by atoms with E-state index in [0.717, 1.165) is 18.5 Å². The van der Waals surface area contributed by atoms with E-state index in [-0.39, 0.29) is 12.0 Å². The molecular formula is C12H16N2O2. The third kappa shape index (κ3) is 2.07. The lowest BCUT2D eigenvalue weighted by molar-refractivity contribution is 0.0718. The van der Waals surface area contributed by atoms with Gasteiger partial charge in [-0.2, -0.15) is 0 Å². The van der Waals surface area contributed by atoms with Gasteiger partial charge in [-0.25, -0.2) is 0 Å². The summed E-state index contributed by atoms with van der Waals surface area (Å²) in [4.78, 5) is 18.1. The van der Waals surface area contributed by atoms with E-state index in [4.69, 9.17) is 4.74 Å². The molecular weight excluding hydrogens is 204 g/mol. The van der Waals surface area contributed by atoms with Crippen LogP contribution >= 0.6 is 0 Å². The highest BCUT2D eigenvalue weighted by Gasteiger charge is 2.27. The number of rotatable bonds is 2. The Balaban J connectivity index is 2.12. The van der Waals surface area contributed by atoms with Crippen LogP contribution in [0.3, 0.4) is 0 Å². The quantitative estimate of drug-likeness (QED) is 0.753. The average molecular weight is 220 g/mol. The predicted molar refractivity (Wildman–Crippen MR) is 60.3 cm³/mol. The average Bonchev–Trinajstić information content (AvgIpc) is 2.77. The molecule has 2 heterocycles. The van der Waals surface area contributed by atoms with Crippen LogP contribution in [0.1, 0.15) is 22.5 Å². The van der Waals surface area contributed by atoms with Gasteiger partial charge in [0.2, 0.25) is 0 Å². The zero-order valence-corrected chi connectivity index (χ0v) is 9.64. The molecule has 1 aliphatic heterocycles. The Morgan fingerprint density at radius 1 is 1.62 bits per heavy atom. The van der Waals surface area contributed by atoms with Crippen molar-refractivity contribution in [3.63, 3.8) is 0 Å². The number of aryl methyl sites for hydroxylation is 1. The molecule has 16 heavy (non-hydrogen) atoms. The number of carbonyl (C=O) groups excluding carboxylic acids is 1. The topological polar surface area (TPSA) is 42.4 Å². The molecule has 0 N–H and O–H groups in total. The third-order valence-corrected chi connectivity index (χ3v) is 2.98. The molecule has 0 radical (unpaired) electrons. The Hall–Kier alpha value is -1.42. The van der Waals surface area contributed by atoms with Crippen molar-refractivity contribution in [1.82, 2.24) is 9.88 Å². The molecule has 0 saturated carbocycles. The fourth-order valence-corrected chi connectivity index (χ4v) is 1.96. The SMILES string of the molecule is CO[C@@H]1CCN(C(=O)c2ncccc2C)C1. The number of aromatic nitrogens is 1. The van der Waals surface area contributed by atoms with Gasteiger partial charge in [0, 0.05) is 26.4 Å². The molecule has 1 aromatic rings. The Morgan fingerprint density at radius 3 is 3.06 bits per heavy atom. The molecule has 0 unspecified atom stereocenters. The number of hydrogen-bond acceptors (Lipinski definition) is 3. The van der Waals surface area contributed by atoms with Gasteiger partial charge in [-0.05, 0) is 25.0 Å². The summed E-state index contributed by atoms with van der Waals surface area (Å²) in [5.74, 6) is 0.0117. The number of nitrogens with zero attached hydrogens (tertiary/aromatic N) is 2. The van der Waals surface area contributed by atoms with Gasteiger partial charge < -0.3 is 9.64 Å². The molecule has 86 valence electrons. The Labute approximate surface area is 95.2 Å². The van der Waals surface area contributed by atoms with Gasteiger partial charge in [0.25, 0.3) is 5.91 Å². The third-order valence-electron chi connectivity index (χ3n) is 2.98. The minimum atomic E-state index is 0.0117. The molecule has 1 saturated heterocycles. The van der Waals surface area contributed by atoms with E-state index in [1.54, 1.807) is 13.3 Å². The molecule has 0 aliphatic carbocycles. The van der Waals surface area contributed by atoms with Crippen LogP contribution in [0.2, 0.25) is 0 Å². The van der Waals surface area contributed by atoms with Crippen LogP contribution in [0.4, 0.5) is 0 Å². The molecule has 0 bridgehead atoms. The molecule has 4 nitrogen and oxygen atoms in total. The van der Waals surface area contributed by atoms with Crippen molar-refractivity contribution in [2.24, 2.45) is 0 Å². The lowest BCUT2D eigenvalue weighted by Gasteiger charge is -2.16. The van der Waals surface area contributed by atoms with Crippen molar-refractivity contribution in [3.8, 4) is 0 Å². The largest absolute Gasteiger partial charge is 0.380 e. The van der Waals surface area contributed by atoms with Crippen molar-refractivity contribution in [1.29, 1.82) is 0 Å². The normalized spacial score (nSPS) is 20.1. The maximum Gasteiger partial charge on any atom is 0.272 e. The molecule has 1 aromatic heterocycles. The van der Waals surface area contributed by atoms with E-state index in [9.17, 15) is 4.79 Å². The maximum absolute atomic E-state index is 12.1. The zero-order valence-electron chi connectivity index (χ0n) is 9.64. The number of amides is 1. The van der Waals surface area contributed by atoms with Gasteiger partial charge in [-0.1, -0.05) is 6.07 Å². The van der Waals surface area contributed by atoms with Crippen LogP contribution in [0.25, 0.3) is 0 Å². The van der Waals surface area contributed by atoms with Gasteiger partial charge in [0.15, 0.2) is 0 Å². The minimum absolute atomic E-state index is 0.0117. The van der Waals surface area contributed by atoms with Gasteiger partial charge in [-0.3, -0.25) is 9.78 Å². The predicted octanol–water partition coefficient (Wildman–Crippen LogP) is 1.25. The molecule has 1 atom stereocenters. The molecule has 1 amide bonds. The zero-order chi connectivity index (χ0) is 11.5. The van der Waals surface area contributed by atoms with Crippen LogP contribution < -0.4 is 0 Å². The second kappa shape index (κ2) is 4.61. The number of ether oxygens (including phenoxy) is 1. The molecule has 0 aromatic carbocycles.